The lowest BCUT2D eigenvalue weighted by molar-refractivity contribution is -0.118. The molecule has 0 aromatic rings. The zero-order valence-corrected chi connectivity index (χ0v) is 19.8. The normalized spacial score (nSPS) is 50.9. The van der Waals surface area contributed by atoms with Gasteiger partial charge in [-0.25, -0.2) is 0 Å². The molecule has 0 aromatic heterocycles. The SMILES string of the molecule is CC[C@]1(O)CC[C@@]2(C)[C@@H](CCC[C@H]3[C@@H]2CC[C@]2(C)[C@@H]([C@H](C)CCCO)CC[C@@H]32)C1. The fourth-order valence-corrected chi connectivity index (χ4v) is 9.44. The van der Waals surface area contributed by atoms with Crippen LogP contribution in [0.15, 0.2) is 0 Å². The fourth-order valence-electron chi connectivity index (χ4n) is 9.44. The maximum atomic E-state index is 11.1. The quantitative estimate of drug-likeness (QED) is 0.543. The van der Waals surface area contributed by atoms with Gasteiger partial charge in [0, 0.05) is 6.61 Å². The second kappa shape index (κ2) is 8.12. The lowest BCUT2D eigenvalue weighted by atomic mass is 9.48. The molecule has 4 aliphatic carbocycles. The summed E-state index contributed by atoms with van der Waals surface area (Å²) >= 11 is 0. The highest BCUT2D eigenvalue weighted by Crippen LogP contribution is 2.68. The van der Waals surface area contributed by atoms with Crippen LogP contribution in [0.2, 0.25) is 0 Å². The Labute approximate surface area is 180 Å². The van der Waals surface area contributed by atoms with Crippen LogP contribution in [-0.4, -0.2) is 22.4 Å². The van der Waals surface area contributed by atoms with E-state index in [-0.39, 0.29) is 5.60 Å². The third-order valence-corrected chi connectivity index (χ3v) is 11.3. The van der Waals surface area contributed by atoms with Crippen molar-refractivity contribution in [3.8, 4) is 0 Å². The van der Waals surface area contributed by atoms with E-state index < -0.39 is 0 Å². The maximum Gasteiger partial charge on any atom is 0.0648 e. The molecule has 0 aromatic carbocycles. The molecule has 0 heterocycles. The van der Waals surface area contributed by atoms with Crippen LogP contribution in [0, 0.1) is 46.3 Å². The van der Waals surface area contributed by atoms with E-state index in [1.54, 1.807) is 0 Å². The molecule has 0 saturated heterocycles. The molecular formula is C27H48O2. The van der Waals surface area contributed by atoms with E-state index in [2.05, 4.69) is 27.7 Å². The Kier molecular flexibility index (Phi) is 6.19. The van der Waals surface area contributed by atoms with Gasteiger partial charge >= 0.3 is 0 Å². The molecule has 0 aliphatic heterocycles. The Bertz CT molecular complexity index is 575. The molecule has 168 valence electrons. The largest absolute Gasteiger partial charge is 0.396 e. The van der Waals surface area contributed by atoms with Gasteiger partial charge in [0.25, 0.3) is 0 Å². The average molecular weight is 405 g/mol. The molecule has 2 heteroatoms. The fraction of sp³-hybridized carbons (Fsp3) is 1.00. The number of aliphatic hydroxyl groups is 2. The van der Waals surface area contributed by atoms with Gasteiger partial charge in [-0.15, -0.1) is 0 Å². The summed E-state index contributed by atoms with van der Waals surface area (Å²) in [5.41, 5.74) is 0.614. The summed E-state index contributed by atoms with van der Waals surface area (Å²) in [6.45, 7) is 10.3. The molecule has 0 radical (unpaired) electrons. The molecule has 4 saturated carbocycles. The second-order valence-corrected chi connectivity index (χ2v) is 12.4. The smallest absolute Gasteiger partial charge is 0.0648 e. The number of fused-ring (bicyclic) bond motifs is 5. The summed E-state index contributed by atoms with van der Waals surface area (Å²) in [4.78, 5) is 0. The van der Waals surface area contributed by atoms with Crippen LogP contribution in [0.25, 0.3) is 0 Å². The van der Waals surface area contributed by atoms with E-state index in [0.717, 1.165) is 61.2 Å². The van der Waals surface area contributed by atoms with Crippen molar-refractivity contribution in [2.24, 2.45) is 46.3 Å². The van der Waals surface area contributed by atoms with Crippen LogP contribution in [0.5, 0.6) is 0 Å². The first-order valence-corrected chi connectivity index (χ1v) is 13.1. The Hall–Kier alpha value is -0.0800. The van der Waals surface area contributed by atoms with E-state index in [0.29, 0.717) is 17.4 Å². The first-order valence-electron chi connectivity index (χ1n) is 13.1. The number of hydrogen-bond donors (Lipinski definition) is 2. The molecule has 2 N–H and O–H groups in total. The molecule has 2 nitrogen and oxygen atoms in total. The van der Waals surface area contributed by atoms with Crippen molar-refractivity contribution in [1.29, 1.82) is 0 Å². The summed E-state index contributed by atoms with van der Waals surface area (Å²) in [6, 6.07) is 0. The Balaban J connectivity index is 1.55. The van der Waals surface area contributed by atoms with Crippen molar-refractivity contribution < 1.29 is 10.2 Å². The molecule has 4 rings (SSSR count). The molecule has 0 bridgehead atoms. The summed E-state index contributed by atoms with van der Waals surface area (Å²) in [6.07, 6.45) is 16.4. The average Bonchev–Trinajstić information content (AvgIpc) is 2.99. The predicted molar refractivity (Wildman–Crippen MR) is 121 cm³/mol. The van der Waals surface area contributed by atoms with Crippen LogP contribution in [0.1, 0.15) is 111 Å². The topological polar surface area (TPSA) is 40.5 Å². The van der Waals surface area contributed by atoms with Crippen LogP contribution < -0.4 is 0 Å². The third-order valence-electron chi connectivity index (χ3n) is 11.3. The minimum atomic E-state index is -0.381. The van der Waals surface area contributed by atoms with Gasteiger partial charge in [-0.2, -0.15) is 0 Å². The molecule has 0 unspecified atom stereocenters. The minimum absolute atomic E-state index is 0.353. The molecule has 29 heavy (non-hydrogen) atoms. The highest BCUT2D eigenvalue weighted by atomic mass is 16.3. The Morgan fingerprint density at radius 2 is 1.69 bits per heavy atom. The van der Waals surface area contributed by atoms with Gasteiger partial charge in [0.05, 0.1) is 5.60 Å². The van der Waals surface area contributed by atoms with Gasteiger partial charge in [-0.3, -0.25) is 0 Å². The van der Waals surface area contributed by atoms with Gasteiger partial charge in [0.2, 0.25) is 0 Å². The van der Waals surface area contributed by atoms with Gasteiger partial charge < -0.3 is 10.2 Å². The van der Waals surface area contributed by atoms with Crippen molar-refractivity contribution in [3.63, 3.8) is 0 Å². The van der Waals surface area contributed by atoms with Crippen molar-refractivity contribution in [2.45, 2.75) is 117 Å². The number of rotatable bonds is 5. The zero-order chi connectivity index (χ0) is 20.9. The molecule has 4 fully saturated rings. The van der Waals surface area contributed by atoms with Gasteiger partial charge in [-0.05, 0) is 123 Å². The molecule has 4 aliphatic rings. The summed E-state index contributed by atoms with van der Waals surface area (Å²) < 4.78 is 0. The third kappa shape index (κ3) is 3.63. The van der Waals surface area contributed by atoms with Crippen molar-refractivity contribution in [1.82, 2.24) is 0 Å². The second-order valence-electron chi connectivity index (χ2n) is 12.4. The first kappa shape index (κ1) is 22.1. The van der Waals surface area contributed by atoms with Gasteiger partial charge in [0.15, 0.2) is 0 Å². The standard InChI is InChI=1S/C27H48O2/c1-5-27(29)16-15-25(3)20(18-27)9-6-10-21-23-12-11-22(19(2)8-7-17-28)26(23,4)14-13-24(21)25/h19-24,28-29H,5-18H2,1-4H3/t19-,20+,21-,22-,23+,24+,25+,26-,27+/m1/s1. The number of aliphatic hydroxyl groups excluding tert-OH is 1. The molecular weight excluding hydrogens is 356 g/mol. The minimum Gasteiger partial charge on any atom is -0.396 e. The molecule has 0 amide bonds. The zero-order valence-electron chi connectivity index (χ0n) is 19.8. The lowest BCUT2D eigenvalue weighted by Crippen LogP contribution is -2.52. The van der Waals surface area contributed by atoms with Crippen molar-refractivity contribution in [3.05, 3.63) is 0 Å². The Morgan fingerprint density at radius 1 is 0.931 bits per heavy atom. The van der Waals surface area contributed by atoms with Crippen LogP contribution >= 0.6 is 0 Å². The van der Waals surface area contributed by atoms with Crippen LogP contribution in [-0.2, 0) is 0 Å². The monoisotopic (exact) mass is 404 g/mol. The van der Waals surface area contributed by atoms with E-state index in [1.807, 2.05) is 0 Å². The van der Waals surface area contributed by atoms with Crippen molar-refractivity contribution in [2.75, 3.05) is 6.61 Å². The van der Waals surface area contributed by atoms with Crippen molar-refractivity contribution >= 4 is 0 Å². The van der Waals surface area contributed by atoms with E-state index in [1.165, 1.54) is 57.8 Å². The van der Waals surface area contributed by atoms with Gasteiger partial charge in [0.1, 0.15) is 0 Å². The van der Waals surface area contributed by atoms with Crippen LogP contribution in [0.3, 0.4) is 0 Å². The lowest BCUT2D eigenvalue weighted by Gasteiger charge is -2.58. The van der Waals surface area contributed by atoms with E-state index >= 15 is 0 Å². The highest BCUT2D eigenvalue weighted by Gasteiger charge is 2.60. The number of hydrogen-bond acceptors (Lipinski definition) is 2. The first-order chi connectivity index (χ1) is 13.8. The summed E-state index contributed by atoms with van der Waals surface area (Å²) in [5, 5.41) is 20.4. The van der Waals surface area contributed by atoms with Gasteiger partial charge in [-0.1, -0.05) is 34.1 Å². The highest BCUT2D eigenvalue weighted by molar-refractivity contribution is 5.09. The summed E-state index contributed by atoms with van der Waals surface area (Å²) in [7, 11) is 0. The summed E-state index contributed by atoms with van der Waals surface area (Å²) in [5.74, 6) is 5.10. The maximum absolute atomic E-state index is 11.1. The predicted octanol–water partition coefficient (Wildman–Crippen LogP) is 6.59. The van der Waals surface area contributed by atoms with E-state index in [4.69, 9.17) is 0 Å². The molecule has 9 atom stereocenters. The molecule has 0 spiro atoms. The van der Waals surface area contributed by atoms with Crippen LogP contribution in [0.4, 0.5) is 0 Å². The Morgan fingerprint density at radius 3 is 2.41 bits per heavy atom. The van der Waals surface area contributed by atoms with E-state index in [9.17, 15) is 10.2 Å².